The van der Waals surface area contributed by atoms with E-state index in [1.807, 2.05) is 31.4 Å². The van der Waals surface area contributed by atoms with Crippen molar-refractivity contribution >= 4 is 34.6 Å². The molecule has 0 unspecified atom stereocenters. The van der Waals surface area contributed by atoms with E-state index in [9.17, 15) is 9.59 Å². The highest BCUT2D eigenvalue weighted by atomic mass is 32.1. The van der Waals surface area contributed by atoms with E-state index in [2.05, 4.69) is 16.0 Å². The Kier molecular flexibility index (Phi) is 4.44. The number of urea groups is 1. The third kappa shape index (κ3) is 3.68. The number of hydrogen-bond acceptors (Lipinski definition) is 4. The summed E-state index contributed by atoms with van der Waals surface area (Å²) in [5.74, 6) is 0.459. The van der Waals surface area contributed by atoms with Crippen molar-refractivity contribution in [3.63, 3.8) is 0 Å². The average molecular weight is 345 g/mol. The van der Waals surface area contributed by atoms with Crippen molar-refractivity contribution in [1.29, 1.82) is 0 Å². The molecule has 2 heterocycles. The van der Waals surface area contributed by atoms with E-state index in [1.165, 1.54) is 0 Å². The van der Waals surface area contributed by atoms with Gasteiger partial charge in [-0.15, -0.1) is 11.3 Å². The van der Waals surface area contributed by atoms with Crippen molar-refractivity contribution in [3.8, 4) is 5.75 Å². The topological polar surface area (TPSA) is 79.5 Å². The Morgan fingerprint density at radius 3 is 2.96 bits per heavy atom. The number of carbonyl (C=O) groups is 2. The van der Waals surface area contributed by atoms with Gasteiger partial charge in [0.15, 0.2) is 0 Å². The van der Waals surface area contributed by atoms with Crippen LogP contribution in [0.5, 0.6) is 5.75 Å². The fourth-order valence-corrected chi connectivity index (χ4v) is 2.84. The molecule has 1 aromatic carbocycles. The molecule has 0 aliphatic carbocycles. The lowest BCUT2D eigenvalue weighted by molar-refractivity contribution is -0.124. The van der Waals surface area contributed by atoms with Crippen LogP contribution in [0.2, 0.25) is 0 Å². The molecule has 3 amide bonds. The summed E-state index contributed by atoms with van der Waals surface area (Å²) in [5, 5.41) is 10.4. The SMILES string of the molecule is CC1(C)COc2cc(NC(=O)NCc3cccs3)ccc2NC1=O. The van der Waals surface area contributed by atoms with Crippen LogP contribution in [-0.4, -0.2) is 18.5 Å². The Morgan fingerprint density at radius 2 is 2.21 bits per heavy atom. The molecule has 0 atom stereocenters. The Bertz CT molecular complexity index is 756. The van der Waals surface area contributed by atoms with Gasteiger partial charge in [0.1, 0.15) is 12.4 Å². The van der Waals surface area contributed by atoms with Gasteiger partial charge < -0.3 is 20.7 Å². The van der Waals surface area contributed by atoms with E-state index in [4.69, 9.17) is 4.74 Å². The first-order valence-corrected chi connectivity index (χ1v) is 8.47. The van der Waals surface area contributed by atoms with Crippen molar-refractivity contribution in [2.75, 3.05) is 17.2 Å². The highest BCUT2D eigenvalue weighted by Gasteiger charge is 2.32. The minimum Gasteiger partial charge on any atom is -0.490 e. The number of amides is 3. The number of hydrogen-bond donors (Lipinski definition) is 3. The number of carbonyl (C=O) groups excluding carboxylic acids is 2. The molecule has 3 rings (SSSR count). The normalized spacial score (nSPS) is 15.5. The maximum atomic E-state index is 12.1. The fraction of sp³-hybridized carbons (Fsp3) is 0.294. The highest BCUT2D eigenvalue weighted by Crippen LogP contribution is 2.34. The Morgan fingerprint density at radius 1 is 1.38 bits per heavy atom. The Hall–Kier alpha value is -2.54. The lowest BCUT2D eigenvalue weighted by Crippen LogP contribution is -2.33. The van der Waals surface area contributed by atoms with Gasteiger partial charge in [-0.3, -0.25) is 4.79 Å². The van der Waals surface area contributed by atoms with Gasteiger partial charge in [0, 0.05) is 16.6 Å². The van der Waals surface area contributed by atoms with Crippen LogP contribution >= 0.6 is 11.3 Å². The maximum Gasteiger partial charge on any atom is 0.319 e. The van der Waals surface area contributed by atoms with Gasteiger partial charge in [0.05, 0.1) is 17.6 Å². The number of rotatable bonds is 3. The van der Waals surface area contributed by atoms with Crippen LogP contribution in [0.15, 0.2) is 35.7 Å². The van der Waals surface area contributed by atoms with Crippen molar-refractivity contribution in [2.45, 2.75) is 20.4 Å². The van der Waals surface area contributed by atoms with Gasteiger partial charge in [-0.2, -0.15) is 0 Å². The van der Waals surface area contributed by atoms with Crippen LogP contribution < -0.4 is 20.7 Å². The molecule has 24 heavy (non-hydrogen) atoms. The molecule has 1 aromatic heterocycles. The number of thiophene rings is 1. The quantitative estimate of drug-likeness (QED) is 0.797. The molecule has 0 fully saturated rings. The summed E-state index contributed by atoms with van der Waals surface area (Å²) in [6.07, 6.45) is 0. The van der Waals surface area contributed by atoms with Gasteiger partial charge in [0.2, 0.25) is 5.91 Å². The molecule has 7 heteroatoms. The first-order valence-electron chi connectivity index (χ1n) is 7.59. The summed E-state index contributed by atoms with van der Waals surface area (Å²) in [7, 11) is 0. The number of ether oxygens (including phenoxy) is 1. The predicted octanol–water partition coefficient (Wildman–Crippen LogP) is 3.43. The monoisotopic (exact) mass is 345 g/mol. The second kappa shape index (κ2) is 6.52. The van der Waals surface area contributed by atoms with E-state index < -0.39 is 5.41 Å². The number of anilines is 2. The summed E-state index contributed by atoms with van der Waals surface area (Å²) in [6, 6.07) is 8.78. The van der Waals surface area contributed by atoms with Crippen LogP contribution in [0.25, 0.3) is 0 Å². The van der Waals surface area contributed by atoms with E-state index in [0.717, 1.165) is 4.88 Å². The highest BCUT2D eigenvalue weighted by molar-refractivity contribution is 7.09. The van der Waals surface area contributed by atoms with Crippen LogP contribution in [0.4, 0.5) is 16.2 Å². The van der Waals surface area contributed by atoms with E-state index in [-0.39, 0.29) is 18.5 Å². The molecule has 6 nitrogen and oxygen atoms in total. The molecule has 0 bridgehead atoms. The molecule has 2 aromatic rings. The lowest BCUT2D eigenvalue weighted by atomic mass is 9.94. The largest absolute Gasteiger partial charge is 0.490 e. The number of nitrogens with one attached hydrogen (secondary N) is 3. The third-order valence-electron chi connectivity index (χ3n) is 3.69. The first-order chi connectivity index (χ1) is 11.4. The molecule has 3 N–H and O–H groups in total. The van der Waals surface area contributed by atoms with Gasteiger partial charge >= 0.3 is 6.03 Å². The average Bonchev–Trinajstić information content (AvgIpc) is 3.02. The zero-order valence-corrected chi connectivity index (χ0v) is 14.3. The second-order valence-corrected chi connectivity index (χ2v) is 7.26. The first kappa shape index (κ1) is 16.3. The van der Waals surface area contributed by atoms with Crippen molar-refractivity contribution in [2.24, 2.45) is 5.41 Å². The summed E-state index contributed by atoms with van der Waals surface area (Å²) in [4.78, 5) is 25.1. The van der Waals surface area contributed by atoms with Crippen molar-refractivity contribution in [3.05, 3.63) is 40.6 Å². The third-order valence-corrected chi connectivity index (χ3v) is 4.57. The molecule has 0 spiro atoms. The summed E-state index contributed by atoms with van der Waals surface area (Å²) >= 11 is 1.59. The second-order valence-electron chi connectivity index (χ2n) is 6.22. The van der Waals surface area contributed by atoms with Crippen LogP contribution in [-0.2, 0) is 11.3 Å². The minimum absolute atomic E-state index is 0.0874. The van der Waals surface area contributed by atoms with Crippen molar-refractivity contribution in [1.82, 2.24) is 5.32 Å². The van der Waals surface area contributed by atoms with Gasteiger partial charge in [0.25, 0.3) is 0 Å². The smallest absolute Gasteiger partial charge is 0.319 e. The van der Waals surface area contributed by atoms with E-state index in [0.29, 0.717) is 23.7 Å². The molecule has 1 aliphatic heterocycles. The maximum absolute atomic E-state index is 12.1. The lowest BCUT2D eigenvalue weighted by Gasteiger charge is -2.18. The van der Waals surface area contributed by atoms with Gasteiger partial charge in [-0.1, -0.05) is 6.07 Å². The summed E-state index contributed by atoms with van der Waals surface area (Å²) in [6.45, 7) is 4.41. The zero-order chi connectivity index (χ0) is 17.2. The molecule has 0 saturated carbocycles. The van der Waals surface area contributed by atoms with Crippen molar-refractivity contribution < 1.29 is 14.3 Å². The molecular formula is C17H19N3O3S. The zero-order valence-electron chi connectivity index (χ0n) is 13.5. The van der Waals surface area contributed by atoms with E-state index >= 15 is 0 Å². The van der Waals surface area contributed by atoms with Crippen LogP contribution in [0.1, 0.15) is 18.7 Å². The van der Waals surface area contributed by atoms with Gasteiger partial charge in [-0.25, -0.2) is 4.79 Å². The molecular weight excluding hydrogens is 326 g/mol. The molecule has 0 radical (unpaired) electrons. The molecule has 126 valence electrons. The minimum atomic E-state index is -0.606. The molecule has 0 saturated heterocycles. The van der Waals surface area contributed by atoms with Gasteiger partial charge in [-0.05, 0) is 37.4 Å². The summed E-state index contributed by atoms with van der Waals surface area (Å²) < 4.78 is 5.72. The Balaban J connectivity index is 1.65. The fourth-order valence-electron chi connectivity index (χ4n) is 2.19. The predicted molar refractivity (Wildman–Crippen MR) is 94.5 cm³/mol. The number of fused-ring (bicyclic) bond motifs is 1. The molecule has 1 aliphatic rings. The van der Waals surface area contributed by atoms with Crippen LogP contribution in [0, 0.1) is 5.41 Å². The summed E-state index contributed by atoms with van der Waals surface area (Å²) in [5.41, 5.74) is 0.603. The standard InChI is InChI=1S/C17H19N3O3S/c1-17(2)10-23-14-8-11(5-6-13(14)20-15(17)21)19-16(22)18-9-12-4-3-7-24-12/h3-8H,9-10H2,1-2H3,(H,20,21)(H2,18,19,22). The number of benzene rings is 1. The van der Waals surface area contributed by atoms with E-state index in [1.54, 1.807) is 29.5 Å². The Labute approximate surface area is 144 Å². The van der Waals surface area contributed by atoms with Crippen LogP contribution in [0.3, 0.4) is 0 Å².